The second-order valence-electron chi connectivity index (χ2n) is 10.4. The molecule has 7 heteroatoms. The summed E-state index contributed by atoms with van der Waals surface area (Å²) in [6.45, 7) is 2.96. The van der Waals surface area contributed by atoms with Crippen molar-refractivity contribution >= 4 is 28.3 Å². The molecule has 2 unspecified atom stereocenters. The SMILES string of the molecule is CC1CCCCC1n1nc(Nc2ccc3c(c2)CN(C2CCCCC2)C3=O)c2c(=O)[nH]ccc21. The minimum Gasteiger partial charge on any atom is -0.338 e. The highest BCUT2D eigenvalue weighted by Crippen LogP contribution is 2.37. The molecule has 0 saturated heterocycles. The van der Waals surface area contributed by atoms with E-state index in [0.29, 0.717) is 35.8 Å². The Kier molecular flexibility index (Phi) is 5.42. The average Bonchev–Trinajstić information content (AvgIpc) is 3.38. The number of benzene rings is 1. The average molecular weight is 460 g/mol. The van der Waals surface area contributed by atoms with Gasteiger partial charge >= 0.3 is 0 Å². The Morgan fingerprint density at radius 2 is 1.79 bits per heavy atom. The first kappa shape index (κ1) is 21.4. The first-order valence-corrected chi connectivity index (χ1v) is 12.9. The summed E-state index contributed by atoms with van der Waals surface area (Å²) in [6, 6.07) is 8.54. The number of anilines is 2. The Labute approximate surface area is 199 Å². The number of fused-ring (bicyclic) bond motifs is 2. The lowest BCUT2D eigenvalue weighted by Gasteiger charge is -2.30. The van der Waals surface area contributed by atoms with Gasteiger partial charge in [-0.2, -0.15) is 5.10 Å². The van der Waals surface area contributed by atoms with Crippen LogP contribution in [-0.2, 0) is 6.54 Å². The first-order chi connectivity index (χ1) is 16.6. The van der Waals surface area contributed by atoms with Crippen LogP contribution >= 0.6 is 0 Å². The van der Waals surface area contributed by atoms with E-state index in [-0.39, 0.29) is 11.5 Å². The number of hydrogen-bond acceptors (Lipinski definition) is 4. The van der Waals surface area contributed by atoms with Crippen LogP contribution in [0.15, 0.2) is 35.3 Å². The number of carbonyl (C=O) groups excluding carboxylic acids is 1. The topological polar surface area (TPSA) is 83.0 Å². The van der Waals surface area contributed by atoms with E-state index in [2.05, 4.69) is 32.9 Å². The number of aromatic nitrogens is 3. The normalized spacial score (nSPS) is 23.4. The van der Waals surface area contributed by atoms with Crippen molar-refractivity contribution in [2.45, 2.75) is 83.3 Å². The molecule has 6 rings (SSSR count). The summed E-state index contributed by atoms with van der Waals surface area (Å²) in [5.74, 6) is 1.27. The molecular weight excluding hydrogens is 426 g/mol. The Morgan fingerprint density at radius 3 is 2.62 bits per heavy atom. The number of nitrogens with zero attached hydrogens (tertiary/aromatic N) is 3. The van der Waals surface area contributed by atoms with Gasteiger partial charge in [0.15, 0.2) is 5.82 Å². The van der Waals surface area contributed by atoms with E-state index < -0.39 is 0 Å². The van der Waals surface area contributed by atoms with Crippen LogP contribution in [0.25, 0.3) is 10.9 Å². The van der Waals surface area contributed by atoms with Gasteiger partial charge in [0.05, 0.1) is 11.6 Å². The van der Waals surface area contributed by atoms with E-state index in [0.717, 1.165) is 41.6 Å². The summed E-state index contributed by atoms with van der Waals surface area (Å²) in [7, 11) is 0. The molecule has 3 aromatic rings. The molecule has 0 radical (unpaired) electrons. The first-order valence-electron chi connectivity index (χ1n) is 12.9. The van der Waals surface area contributed by atoms with Crippen molar-refractivity contribution in [3.8, 4) is 0 Å². The molecule has 2 saturated carbocycles. The van der Waals surface area contributed by atoms with Gasteiger partial charge in [-0.05, 0) is 61.4 Å². The number of nitrogens with one attached hydrogen (secondary N) is 2. The zero-order chi connectivity index (χ0) is 23.2. The number of aromatic amines is 1. The quantitative estimate of drug-likeness (QED) is 0.539. The second kappa shape index (κ2) is 8.60. The van der Waals surface area contributed by atoms with Crippen LogP contribution in [0.4, 0.5) is 11.5 Å². The molecule has 2 atom stereocenters. The number of amides is 1. The van der Waals surface area contributed by atoms with Crippen molar-refractivity contribution in [3.63, 3.8) is 0 Å². The zero-order valence-electron chi connectivity index (χ0n) is 19.8. The standard InChI is InChI=1S/C27H33N5O2/c1-17-7-5-6-10-22(17)32-23-13-14-28-26(33)24(23)25(30-32)29-19-11-12-21-18(15-19)16-31(27(21)34)20-8-3-2-4-9-20/h11-15,17,20,22H,2-10,16H2,1H3,(H,28,33)(H,29,30). The Morgan fingerprint density at radius 1 is 1.00 bits per heavy atom. The van der Waals surface area contributed by atoms with Gasteiger partial charge in [0.25, 0.3) is 11.5 Å². The zero-order valence-corrected chi connectivity index (χ0v) is 19.8. The van der Waals surface area contributed by atoms with Crippen molar-refractivity contribution in [3.05, 3.63) is 51.9 Å². The van der Waals surface area contributed by atoms with Gasteiger partial charge in [-0.3, -0.25) is 14.3 Å². The molecule has 2 aliphatic carbocycles. The predicted octanol–water partition coefficient (Wildman–Crippen LogP) is 5.51. The van der Waals surface area contributed by atoms with Gasteiger partial charge in [0.2, 0.25) is 0 Å². The summed E-state index contributed by atoms with van der Waals surface area (Å²) < 4.78 is 2.07. The highest BCUT2D eigenvalue weighted by Gasteiger charge is 2.33. The molecule has 0 bridgehead atoms. The van der Waals surface area contributed by atoms with Crippen molar-refractivity contribution in [1.82, 2.24) is 19.7 Å². The molecule has 1 amide bonds. The number of carbonyl (C=O) groups is 1. The molecule has 34 heavy (non-hydrogen) atoms. The lowest BCUT2D eigenvalue weighted by Crippen LogP contribution is -2.36. The van der Waals surface area contributed by atoms with Gasteiger partial charge in [0.1, 0.15) is 5.39 Å². The molecule has 178 valence electrons. The second-order valence-corrected chi connectivity index (χ2v) is 10.4. The van der Waals surface area contributed by atoms with Gasteiger partial charge in [-0.15, -0.1) is 0 Å². The maximum Gasteiger partial charge on any atom is 0.261 e. The summed E-state index contributed by atoms with van der Waals surface area (Å²) >= 11 is 0. The monoisotopic (exact) mass is 459 g/mol. The van der Waals surface area contributed by atoms with Crippen molar-refractivity contribution in [1.29, 1.82) is 0 Å². The molecular formula is C27H33N5O2. The van der Waals surface area contributed by atoms with Crippen molar-refractivity contribution < 1.29 is 4.79 Å². The molecule has 3 heterocycles. The van der Waals surface area contributed by atoms with Gasteiger partial charge < -0.3 is 15.2 Å². The van der Waals surface area contributed by atoms with Gasteiger partial charge in [0, 0.05) is 30.0 Å². The largest absolute Gasteiger partial charge is 0.338 e. The molecule has 2 aromatic heterocycles. The molecule has 3 aliphatic rings. The minimum absolute atomic E-state index is 0.130. The van der Waals surface area contributed by atoms with Crippen LogP contribution in [-0.4, -0.2) is 31.6 Å². The maximum atomic E-state index is 13.0. The molecule has 0 spiro atoms. The number of pyridine rings is 1. The number of H-pyrrole nitrogens is 1. The fourth-order valence-electron chi connectivity index (χ4n) is 6.35. The van der Waals surface area contributed by atoms with Crippen LogP contribution in [0, 0.1) is 5.92 Å². The van der Waals surface area contributed by atoms with E-state index >= 15 is 0 Å². The Hall–Kier alpha value is -3.09. The summed E-state index contributed by atoms with van der Waals surface area (Å²) in [5, 5.41) is 8.94. The molecule has 1 aromatic carbocycles. The van der Waals surface area contributed by atoms with E-state index in [1.165, 1.54) is 38.5 Å². The minimum atomic E-state index is -0.130. The lowest BCUT2D eigenvalue weighted by molar-refractivity contribution is 0.0660. The molecule has 1 aliphatic heterocycles. The fourth-order valence-corrected chi connectivity index (χ4v) is 6.35. The summed E-state index contributed by atoms with van der Waals surface area (Å²) in [6.07, 6.45) is 12.3. The number of rotatable bonds is 4. The third kappa shape index (κ3) is 3.62. The molecule has 7 nitrogen and oxygen atoms in total. The Balaban J connectivity index is 1.32. The van der Waals surface area contributed by atoms with Crippen LogP contribution in [0.3, 0.4) is 0 Å². The van der Waals surface area contributed by atoms with E-state index in [1.54, 1.807) is 6.20 Å². The summed E-state index contributed by atoms with van der Waals surface area (Å²) in [4.78, 5) is 30.7. The van der Waals surface area contributed by atoms with Crippen molar-refractivity contribution in [2.75, 3.05) is 5.32 Å². The number of hydrogen-bond donors (Lipinski definition) is 2. The van der Waals surface area contributed by atoms with E-state index in [4.69, 9.17) is 5.10 Å². The van der Waals surface area contributed by atoms with Crippen LogP contribution < -0.4 is 10.9 Å². The van der Waals surface area contributed by atoms with Crippen LogP contribution in [0.1, 0.15) is 86.7 Å². The maximum absolute atomic E-state index is 13.0. The Bertz CT molecular complexity index is 1290. The molecule has 2 fully saturated rings. The predicted molar refractivity (Wildman–Crippen MR) is 133 cm³/mol. The van der Waals surface area contributed by atoms with Gasteiger partial charge in [-0.25, -0.2) is 0 Å². The van der Waals surface area contributed by atoms with Crippen LogP contribution in [0.2, 0.25) is 0 Å². The van der Waals surface area contributed by atoms with Gasteiger partial charge in [-0.1, -0.05) is 39.0 Å². The fraction of sp³-hybridized carbons (Fsp3) is 0.519. The third-order valence-corrected chi connectivity index (χ3v) is 8.23. The van der Waals surface area contributed by atoms with E-state index in [9.17, 15) is 9.59 Å². The smallest absolute Gasteiger partial charge is 0.261 e. The highest BCUT2D eigenvalue weighted by atomic mass is 16.2. The third-order valence-electron chi connectivity index (χ3n) is 8.23. The van der Waals surface area contributed by atoms with E-state index in [1.807, 2.05) is 18.2 Å². The lowest BCUT2D eigenvalue weighted by atomic mass is 9.86. The summed E-state index contributed by atoms with van der Waals surface area (Å²) in [5.41, 5.74) is 3.47. The highest BCUT2D eigenvalue weighted by molar-refractivity contribution is 5.99. The molecule has 2 N–H and O–H groups in total. The van der Waals surface area contributed by atoms with Crippen LogP contribution in [0.5, 0.6) is 0 Å². The van der Waals surface area contributed by atoms with Crippen molar-refractivity contribution in [2.24, 2.45) is 5.92 Å².